The van der Waals surface area contributed by atoms with E-state index in [1.54, 1.807) is 0 Å². The molecule has 2 rings (SSSR count). The minimum absolute atomic E-state index is 0.0627. The third-order valence-electron chi connectivity index (χ3n) is 2.70. The molecular formula is C16H17F2NO5. The van der Waals surface area contributed by atoms with Crippen molar-refractivity contribution in [1.29, 1.82) is 0 Å². The monoisotopic (exact) mass is 341 g/mol. The van der Waals surface area contributed by atoms with Crippen molar-refractivity contribution in [1.82, 2.24) is 0 Å². The van der Waals surface area contributed by atoms with Gasteiger partial charge in [-0.15, -0.1) is 0 Å². The molecule has 1 heterocycles. The molecule has 24 heavy (non-hydrogen) atoms. The summed E-state index contributed by atoms with van der Waals surface area (Å²) >= 11 is 0. The molecule has 0 spiro atoms. The molecule has 0 bridgehead atoms. The van der Waals surface area contributed by atoms with Gasteiger partial charge in [-0.3, -0.25) is 4.79 Å². The van der Waals surface area contributed by atoms with Crippen LogP contribution >= 0.6 is 0 Å². The lowest BCUT2D eigenvalue weighted by Crippen LogP contribution is -2.05. The van der Waals surface area contributed by atoms with Gasteiger partial charge in [0.1, 0.15) is 5.76 Å². The van der Waals surface area contributed by atoms with Gasteiger partial charge in [-0.25, -0.2) is 4.79 Å². The van der Waals surface area contributed by atoms with Crippen molar-refractivity contribution >= 4 is 28.9 Å². The third-order valence-corrected chi connectivity index (χ3v) is 2.70. The number of alkyl halides is 2. The summed E-state index contributed by atoms with van der Waals surface area (Å²) in [5.74, 6) is -1.47. The van der Waals surface area contributed by atoms with Crippen LogP contribution < -0.4 is 10.5 Å². The molecule has 0 aliphatic heterocycles. The Morgan fingerprint density at radius 3 is 2.50 bits per heavy atom. The topological polar surface area (TPSA) is 91.8 Å². The number of hydrogen-bond acceptors (Lipinski definition) is 5. The number of nitrogens with two attached hydrogens (primary N) is 1. The van der Waals surface area contributed by atoms with E-state index in [0.29, 0.717) is 0 Å². The van der Waals surface area contributed by atoms with Gasteiger partial charge in [-0.1, -0.05) is 13.8 Å². The molecule has 1 amide bonds. The molecule has 0 unspecified atom stereocenters. The summed E-state index contributed by atoms with van der Waals surface area (Å²) < 4.78 is 39.1. The Labute approximate surface area is 136 Å². The van der Waals surface area contributed by atoms with Crippen LogP contribution in [0, 0.1) is 0 Å². The normalized spacial score (nSPS) is 10.6. The molecule has 2 aromatic rings. The van der Waals surface area contributed by atoms with Crippen LogP contribution in [0.1, 0.15) is 30.0 Å². The van der Waals surface area contributed by atoms with Gasteiger partial charge >= 0.3 is 12.6 Å². The van der Waals surface area contributed by atoms with Gasteiger partial charge in [0, 0.05) is 11.5 Å². The van der Waals surface area contributed by atoms with E-state index >= 15 is 0 Å². The van der Waals surface area contributed by atoms with E-state index in [2.05, 4.69) is 9.47 Å². The number of fused-ring (bicyclic) bond motifs is 1. The average Bonchev–Trinajstić information content (AvgIpc) is 2.98. The summed E-state index contributed by atoms with van der Waals surface area (Å²) in [7, 11) is 1.19. The number of ether oxygens (including phenoxy) is 2. The van der Waals surface area contributed by atoms with Gasteiger partial charge in [0.05, 0.1) is 12.7 Å². The Morgan fingerprint density at radius 2 is 1.96 bits per heavy atom. The summed E-state index contributed by atoms with van der Waals surface area (Å²) in [6.07, 6.45) is 2.28. The molecule has 0 saturated heterocycles. The SMILES string of the molecule is CC.COC(=O)c1ccc(OC(F)F)c2oc(/C=C\C(N)=O)cc12. The first-order valence-electron chi connectivity index (χ1n) is 6.99. The molecule has 0 aliphatic rings. The molecule has 0 fully saturated rings. The van der Waals surface area contributed by atoms with E-state index in [0.717, 1.165) is 6.08 Å². The summed E-state index contributed by atoms with van der Waals surface area (Å²) in [5, 5.41) is 0.217. The van der Waals surface area contributed by atoms with E-state index in [4.69, 9.17) is 10.2 Å². The van der Waals surface area contributed by atoms with Crippen LogP contribution in [0.2, 0.25) is 0 Å². The largest absolute Gasteiger partial charge is 0.465 e. The fraction of sp³-hybridized carbons (Fsp3) is 0.250. The second kappa shape index (κ2) is 8.66. The fourth-order valence-electron chi connectivity index (χ4n) is 1.84. The number of esters is 1. The van der Waals surface area contributed by atoms with Crippen LogP contribution in [0.15, 0.2) is 28.7 Å². The predicted octanol–water partition coefficient (Wildman–Crippen LogP) is 3.35. The predicted molar refractivity (Wildman–Crippen MR) is 83.8 cm³/mol. The van der Waals surface area contributed by atoms with E-state index in [9.17, 15) is 18.4 Å². The highest BCUT2D eigenvalue weighted by molar-refractivity contribution is 6.05. The molecule has 0 atom stereocenters. The number of amides is 1. The number of primary amides is 1. The lowest BCUT2D eigenvalue weighted by molar-refractivity contribution is -0.113. The maximum absolute atomic E-state index is 12.4. The van der Waals surface area contributed by atoms with Gasteiger partial charge in [0.15, 0.2) is 11.3 Å². The van der Waals surface area contributed by atoms with Crippen molar-refractivity contribution in [3.05, 3.63) is 35.6 Å². The zero-order valence-electron chi connectivity index (χ0n) is 13.3. The second-order valence-electron chi connectivity index (χ2n) is 4.11. The first-order valence-corrected chi connectivity index (χ1v) is 6.99. The fourth-order valence-corrected chi connectivity index (χ4v) is 1.84. The Balaban J connectivity index is 0.00000139. The van der Waals surface area contributed by atoms with Crippen molar-refractivity contribution in [2.75, 3.05) is 7.11 Å². The van der Waals surface area contributed by atoms with Crippen molar-refractivity contribution < 1.29 is 32.3 Å². The van der Waals surface area contributed by atoms with Crippen molar-refractivity contribution in [3.63, 3.8) is 0 Å². The summed E-state index contributed by atoms with van der Waals surface area (Å²) in [4.78, 5) is 22.4. The van der Waals surface area contributed by atoms with Crippen molar-refractivity contribution in [3.8, 4) is 5.75 Å². The average molecular weight is 341 g/mol. The van der Waals surface area contributed by atoms with Gasteiger partial charge in [0.2, 0.25) is 5.91 Å². The molecule has 1 aromatic heterocycles. The lowest BCUT2D eigenvalue weighted by atomic mass is 10.1. The summed E-state index contributed by atoms with van der Waals surface area (Å²) in [6.45, 7) is 0.946. The summed E-state index contributed by atoms with van der Waals surface area (Å²) in [5.41, 5.74) is 5.01. The number of carbonyl (C=O) groups excluding carboxylic acids is 2. The molecule has 130 valence electrons. The molecule has 6 nitrogen and oxygen atoms in total. The Morgan fingerprint density at radius 1 is 1.29 bits per heavy atom. The number of hydrogen-bond donors (Lipinski definition) is 1. The molecule has 2 N–H and O–H groups in total. The lowest BCUT2D eigenvalue weighted by Gasteiger charge is -2.06. The van der Waals surface area contributed by atoms with Crippen LogP contribution in [-0.2, 0) is 9.53 Å². The number of methoxy groups -OCH3 is 1. The molecule has 1 aromatic carbocycles. The van der Waals surface area contributed by atoms with Crippen LogP contribution in [-0.4, -0.2) is 25.6 Å². The Kier molecular flexibility index (Phi) is 6.91. The van der Waals surface area contributed by atoms with E-state index < -0.39 is 18.5 Å². The van der Waals surface area contributed by atoms with Gasteiger partial charge in [0.25, 0.3) is 0 Å². The first-order chi connectivity index (χ1) is 11.4. The van der Waals surface area contributed by atoms with Crippen molar-refractivity contribution in [2.45, 2.75) is 20.5 Å². The maximum Gasteiger partial charge on any atom is 0.387 e. The first kappa shape index (κ1) is 19.1. The maximum atomic E-state index is 12.4. The van der Waals surface area contributed by atoms with Crippen LogP contribution in [0.4, 0.5) is 8.78 Å². The highest BCUT2D eigenvalue weighted by atomic mass is 19.3. The molecule has 8 heteroatoms. The summed E-state index contributed by atoms with van der Waals surface area (Å²) in [6, 6.07) is 3.84. The highest BCUT2D eigenvalue weighted by Gasteiger charge is 2.19. The number of carbonyl (C=O) groups is 2. The van der Waals surface area contributed by atoms with E-state index in [1.165, 1.54) is 31.4 Å². The molecule has 0 aliphatic carbocycles. The van der Waals surface area contributed by atoms with E-state index in [-0.39, 0.29) is 28.0 Å². The smallest absolute Gasteiger partial charge is 0.387 e. The molecule has 0 saturated carbocycles. The quantitative estimate of drug-likeness (QED) is 0.665. The Hall–Kier alpha value is -2.90. The van der Waals surface area contributed by atoms with Crippen LogP contribution in [0.5, 0.6) is 5.75 Å². The van der Waals surface area contributed by atoms with Crippen molar-refractivity contribution in [2.24, 2.45) is 5.73 Å². The zero-order valence-corrected chi connectivity index (χ0v) is 13.3. The van der Waals surface area contributed by atoms with Gasteiger partial charge in [-0.05, 0) is 24.3 Å². The third kappa shape index (κ3) is 4.55. The van der Waals surface area contributed by atoms with Gasteiger partial charge in [-0.2, -0.15) is 8.78 Å². The zero-order chi connectivity index (χ0) is 18.3. The standard InChI is InChI=1S/C14H11F2NO5.C2H6/c1-20-13(19)8-3-4-10(22-14(15)16)12-9(8)6-7(21-12)2-5-11(17)18;1-2/h2-6,14H,1H3,(H2,17,18);1-2H3/b5-2-;. The minimum atomic E-state index is -3.05. The highest BCUT2D eigenvalue weighted by Crippen LogP contribution is 2.33. The number of halogens is 2. The number of benzene rings is 1. The van der Waals surface area contributed by atoms with Gasteiger partial charge < -0.3 is 19.6 Å². The number of rotatable bonds is 5. The second-order valence-corrected chi connectivity index (χ2v) is 4.11. The van der Waals surface area contributed by atoms with E-state index in [1.807, 2.05) is 13.8 Å². The van der Waals surface area contributed by atoms with Crippen LogP contribution in [0.25, 0.3) is 17.0 Å². The molecular weight excluding hydrogens is 324 g/mol. The van der Waals surface area contributed by atoms with Crippen LogP contribution in [0.3, 0.4) is 0 Å². The minimum Gasteiger partial charge on any atom is -0.465 e. The Bertz CT molecular complexity index is 752. The molecule has 0 radical (unpaired) electrons. The number of furan rings is 1.